The maximum Gasteiger partial charge on any atom is 0.231 e. The number of nitrogens with two attached hydrogens (primary N) is 1. The molecule has 5 heteroatoms. The average Bonchev–Trinajstić information content (AvgIpc) is 2.89. The van der Waals surface area contributed by atoms with Crippen molar-refractivity contribution in [1.82, 2.24) is 10.1 Å². The summed E-state index contributed by atoms with van der Waals surface area (Å²) >= 11 is 0. The summed E-state index contributed by atoms with van der Waals surface area (Å²) in [6.07, 6.45) is 0.586. The molecule has 1 aromatic carbocycles. The summed E-state index contributed by atoms with van der Waals surface area (Å²) in [5, 5.41) is 4.02. The summed E-state index contributed by atoms with van der Waals surface area (Å²) < 4.78 is 10.9. The van der Waals surface area contributed by atoms with E-state index >= 15 is 0 Å². The molecule has 0 unspecified atom stereocenters. The van der Waals surface area contributed by atoms with Gasteiger partial charge in [-0.1, -0.05) is 29.4 Å². The van der Waals surface area contributed by atoms with Crippen molar-refractivity contribution in [3.05, 3.63) is 47.1 Å². The van der Waals surface area contributed by atoms with Crippen molar-refractivity contribution in [3.63, 3.8) is 0 Å². The second-order valence-corrected chi connectivity index (χ2v) is 5.10. The highest BCUT2D eigenvalue weighted by Gasteiger charge is 2.27. The largest absolute Gasteiger partial charge is 0.368 e. The fraction of sp³-hybridized carbons (Fsp3) is 0.467. The zero-order valence-corrected chi connectivity index (χ0v) is 12.2. The van der Waals surface area contributed by atoms with Crippen LogP contribution in [0.1, 0.15) is 43.6 Å². The number of rotatable bonds is 6. The normalized spacial score (nSPS) is 11.8. The van der Waals surface area contributed by atoms with Gasteiger partial charge in [-0.25, -0.2) is 0 Å². The summed E-state index contributed by atoms with van der Waals surface area (Å²) in [5.41, 5.74) is 7.40. The number of hydrogen-bond acceptors (Lipinski definition) is 5. The molecule has 2 N–H and O–H groups in total. The number of aromatic nitrogens is 2. The molecular weight excluding hydrogens is 254 g/mol. The van der Waals surface area contributed by atoms with Crippen LogP contribution in [0.3, 0.4) is 0 Å². The Bertz CT molecular complexity index is 564. The maximum absolute atomic E-state index is 5.73. The van der Waals surface area contributed by atoms with E-state index in [4.69, 9.17) is 15.0 Å². The van der Waals surface area contributed by atoms with Gasteiger partial charge in [0.25, 0.3) is 0 Å². The fourth-order valence-electron chi connectivity index (χ4n) is 2.09. The van der Waals surface area contributed by atoms with Gasteiger partial charge < -0.3 is 15.0 Å². The summed E-state index contributed by atoms with van der Waals surface area (Å²) in [6, 6.07) is 8.00. The minimum Gasteiger partial charge on any atom is -0.368 e. The first-order valence-electron chi connectivity index (χ1n) is 6.80. The van der Waals surface area contributed by atoms with E-state index in [0.717, 1.165) is 11.1 Å². The number of ether oxygens (including phenoxy) is 1. The molecule has 2 aromatic rings. The smallest absolute Gasteiger partial charge is 0.231 e. The zero-order chi connectivity index (χ0) is 14.6. The Labute approximate surface area is 119 Å². The van der Waals surface area contributed by atoms with E-state index in [1.165, 1.54) is 0 Å². The van der Waals surface area contributed by atoms with Crippen molar-refractivity contribution < 1.29 is 9.26 Å². The third-order valence-corrected chi connectivity index (χ3v) is 3.19. The first-order chi connectivity index (χ1) is 9.56. The molecule has 0 saturated heterocycles. The molecule has 0 radical (unpaired) electrons. The molecule has 0 bridgehead atoms. The summed E-state index contributed by atoms with van der Waals surface area (Å²) in [4.78, 5) is 4.43. The topological polar surface area (TPSA) is 74.2 Å². The van der Waals surface area contributed by atoms with Crippen LogP contribution >= 0.6 is 0 Å². The molecule has 0 aliphatic rings. The van der Waals surface area contributed by atoms with Gasteiger partial charge in [-0.05, 0) is 31.9 Å². The van der Waals surface area contributed by atoms with E-state index in [1.54, 1.807) is 0 Å². The molecule has 1 aromatic heterocycles. The van der Waals surface area contributed by atoms with Gasteiger partial charge in [-0.3, -0.25) is 0 Å². The van der Waals surface area contributed by atoms with Crippen molar-refractivity contribution in [3.8, 4) is 0 Å². The van der Waals surface area contributed by atoms with Crippen molar-refractivity contribution in [2.75, 3.05) is 6.61 Å². The van der Waals surface area contributed by atoms with E-state index in [1.807, 2.05) is 45.0 Å². The van der Waals surface area contributed by atoms with E-state index in [0.29, 0.717) is 31.3 Å². The van der Waals surface area contributed by atoms with Gasteiger partial charge >= 0.3 is 0 Å². The third-order valence-electron chi connectivity index (χ3n) is 3.19. The van der Waals surface area contributed by atoms with Crippen LogP contribution in [0.4, 0.5) is 0 Å². The SMILES string of the molecule is CCOC(C)(C)c1noc(Cc2ccccc2CN)n1. The predicted molar refractivity (Wildman–Crippen MR) is 76.1 cm³/mol. The number of hydrogen-bond donors (Lipinski definition) is 1. The van der Waals surface area contributed by atoms with Gasteiger partial charge in [-0.2, -0.15) is 4.98 Å². The quantitative estimate of drug-likeness (QED) is 0.876. The van der Waals surface area contributed by atoms with Gasteiger partial charge in [0.2, 0.25) is 11.7 Å². The molecule has 2 rings (SSSR count). The Morgan fingerprint density at radius 2 is 1.95 bits per heavy atom. The Morgan fingerprint density at radius 1 is 1.25 bits per heavy atom. The van der Waals surface area contributed by atoms with Crippen molar-refractivity contribution in [2.24, 2.45) is 5.73 Å². The van der Waals surface area contributed by atoms with Gasteiger partial charge in [0.1, 0.15) is 5.60 Å². The lowest BCUT2D eigenvalue weighted by atomic mass is 10.0. The Hall–Kier alpha value is -1.72. The molecule has 0 fully saturated rings. The highest BCUT2D eigenvalue weighted by molar-refractivity contribution is 5.29. The molecule has 0 atom stereocenters. The summed E-state index contributed by atoms with van der Waals surface area (Å²) in [7, 11) is 0. The van der Waals surface area contributed by atoms with Crippen LogP contribution in [-0.2, 0) is 23.3 Å². The predicted octanol–water partition coefficient (Wildman–Crippen LogP) is 2.39. The minimum absolute atomic E-state index is 0.502. The lowest BCUT2D eigenvalue weighted by molar-refractivity contribution is -0.0221. The first kappa shape index (κ1) is 14.7. The number of nitrogens with zero attached hydrogens (tertiary/aromatic N) is 2. The van der Waals surface area contributed by atoms with Crippen LogP contribution in [0.15, 0.2) is 28.8 Å². The van der Waals surface area contributed by atoms with Crippen LogP contribution in [0.25, 0.3) is 0 Å². The average molecular weight is 275 g/mol. The van der Waals surface area contributed by atoms with Crippen LogP contribution in [0, 0.1) is 0 Å². The molecule has 0 saturated carbocycles. The van der Waals surface area contributed by atoms with Gasteiger partial charge in [0, 0.05) is 13.2 Å². The molecule has 5 nitrogen and oxygen atoms in total. The Kier molecular flexibility index (Phi) is 4.52. The van der Waals surface area contributed by atoms with Crippen LogP contribution < -0.4 is 5.73 Å². The fourth-order valence-corrected chi connectivity index (χ4v) is 2.09. The third kappa shape index (κ3) is 3.23. The highest BCUT2D eigenvalue weighted by atomic mass is 16.5. The van der Waals surface area contributed by atoms with Crippen molar-refractivity contribution in [1.29, 1.82) is 0 Å². The summed E-state index contributed by atoms with van der Waals surface area (Å²) in [5.74, 6) is 1.15. The van der Waals surface area contributed by atoms with Crippen molar-refractivity contribution in [2.45, 2.75) is 39.3 Å². The Balaban J connectivity index is 2.17. The second kappa shape index (κ2) is 6.15. The lowest BCUT2D eigenvalue weighted by Gasteiger charge is -2.19. The molecule has 0 aliphatic heterocycles. The van der Waals surface area contributed by atoms with Gasteiger partial charge in [0.05, 0.1) is 6.42 Å². The van der Waals surface area contributed by atoms with Crippen LogP contribution in [0.5, 0.6) is 0 Å². The minimum atomic E-state index is -0.538. The van der Waals surface area contributed by atoms with Crippen LogP contribution in [0.2, 0.25) is 0 Å². The molecule has 108 valence electrons. The van der Waals surface area contributed by atoms with Crippen molar-refractivity contribution >= 4 is 0 Å². The van der Waals surface area contributed by atoms with E-state index in [9.17, 15) is 0 Å². The molecular formula is C15H21N3O2. The lowest BCUT2D eigenvalue weighted by Crippen LogP contribution is -2.23. The highest BCUT2D eigenvalue weighted by Crippen LogP contribution is 2.22. The monoisotopic (exact) mass is 275 g/mol. The van der Waals surface area contributed by atoms with Crippen LogP contribution in [-0.4, -0.2) is 16.7 Å². The Morgan fingerprint density at radius 3 is 2.60 bits per heavy atom. The van der Waals surface area contributed by atoms with E-state index in [-0.39, 0.29) is 0 Å². The maximum atomic E-state index is 5.73. The number of benzene rings is 1. The standard InChI is InChI=1S/C15H21N3O2/c1-4-19-15(2,3)14-17-13(20-18-14)9-11-7-5-6-8-12(11)10-16/h5-8H,4,9-10,16H2,1-3H3. The molecule has 0 amide bonds. The first-order valence-corrected chi connectivity index (χ1v) is 6.80. The van der Waals surface area contributed by atoms with E-state index < -0.39 is 5.60 Å². The second-order valence-electron chi connectivity index (χ2n) is 5.10. The van der Waals surface area contributed by atoms with Gasteiger partial charge in [0.15, 0.2) is 0 Å². The summed E-state index contributed by atoms with van der Waals surface area (Å²) in [6.45, 7) is 6.91. The molecule has 20 heavy (non-hydrogen) atoms. The molecule has 1 heterocycles. The molecule has 0 aliphatic carbocycles. The van der Waals surface area contributed by atoms with E-state index in [2.05, 4.69) is 10.1 Å². The molecule has 0 spiro atoms. The van der Waals surface area contributed by atoms with Gasteiger partial charge in [-0.15, -0.1) is 0 Å². The zero-order valence-electron chi connectivity index (χ0n) is 12.2.